The molecule has 1 fully saturated rings. The zero-order chi connectivity index (χ0) is 15.8. The van der Waals surface area contributed by atoms with Crippen LogP contribution < -0.4 is 0 Å². The maximum atomic E-state index is 12.4. The number of nitrogens with zero attached hydrogens (tertiary/aromatic N) is 2. The van der Waals surface area contributed by atoms with Gasteiger partial charge in [0, 0.05) is 24.6 Å². The number of amides is 1. The smallest absolute Gasteiger partial charge is 0.260 e. The van der Waals surface area contributed by atoms with Crippen molar-refractivity contribution in [1.29, 1.82) is 0 Å². The molecule has 2 N–H and O–H groups in total. The normalized spacial score (nSPS) is 20.2. The molecule has 1 rings (SSSR count). The zero-order valence-electron chi connectivity index (χ0n) is 11.8. The number of hydrogen-bond acceptors (Lipinski definition) is 5. The molecule has 1 aliphatic rings. The van der Waals surface area contributed by atoms with E-state index < -0.39 is 23.1 Å². The first-order valence-electron chi connectivity index (χ1n) is 6.72. The second-order valence-corrected chi connectivity index (χ2v) is 4.89. The second-order valence-electron chi connectivity index (χ2n) is 4.89. The molecule has 1 heterocycles. The summed E-state index contributed by atoms with van der Waals surface area (Å²) in [4.78, 5) is 23.7. The number of aliphatic hydroxyl groups is 2. The largest absolute Gasteiger partial charge is 0.505 e. The van der Waals surface area contributed by atoms with Gasteiger partial charge in [0.1, 0.15) is 0 Å². The molecule has 116 valence electrons. The quantitative estimate of drug-likeness (QED) is 0.251. The molecule has 1 saturated heterocycles. The van der Waals surface area contributed by atoms with Crippen LogP contribution in [0.15, 0.2) is 36.1 Å². The number of carbonyl (C=O) groups is 1. The first kappa shape index (κ1) is 16.9. The van der Waals surface area contributed by atoms with Crippen LogP contribution in [0.1, 0.15) is 12.8 Å². The molecule has 0 saturated carbocycles. The third-order valence-electron chi connectivity index (χ3n) is 3.28. The number of nitro groups is 1. The van der Waals surface area contributed by atoms with Crippen LogP contribution in [0.3, 0.4) is 0 Å². The number of rotatable bonds is 6. The summed E-state index contributed by atoms with van der Waals surface area (Å²) in [6.07, 6.45) is 5.77. The van der Waals surface area contributed by atoms with Gasteiger partial charge in [-0.2, -0.15) is 0 Å². The fraction of sp³-hybridized carbons (Fsp3) is 0.500. The highest BCUT2D eigenvalue weighted by molar-refractivity contribution is 5.96. The van der Waals surface area contributed by atoms with Gasteiger partial charge in [-0.25, -0.2) is 0 Å². The molecule has 0 aliphatic carbocycles. The number of allylic oxidation sites excluding steroid dienone is 2. The van der Waals surface area contributed by atoms with Crippen molar-refractivity contribution in [2.75, 3.05) is 26.2 Å². The predicted molar refractivity (Wildman–Crippen MR) is 77.2 cm³/mol. The Kier molecular flexibility index (Phi) is 6.61. The molecule has 1 unspecified atom stereocenters. The topological polar surface area (TPSA) is 104 Å². The first-order chi connectivity index (χ1) is 9.99. The third kappa shape index (κ3) is 5.03. The fourth-order valence-corrected chi connectivity index (χ4v) is 2.23. The molecule has 0 bridgehead atoms. The monoisotopic (exact) mass is 296 g/mol. The van der Waals surface area contributed by atoms with Crippen molar-refractivity contribution in [2.45, 2.75) is 12.8 Å². The average molecular weight is 296 g/mol. The van der Waals surface area contributed by atoms with E-state index in [1.54, 1.807) is 0 Å². The summed E-state index contributed by atoms with van der Waals surface area (Å²) in [5.41, 5.74) is -0.106. The Hall–Kier alpha value is -2.15. The average Bonchev–Trinajstić information content (AvgIpc) is 2.46. The summed E-state index contributed by atoms with van der Waals surface area (Å²) in [6, 6.07) is 0. The number of piperidine rings is 1. The lowest BCUT2D eigenvalue weighted by Gasteiger charge is -2.32. The van der Waals surface area contributed by atoms with Gasteiger partial charge in [0.2, 0.25) is 0 Å². The van der Waals surface area contributed by atoms with E-state index in [4.69, 9.17) is 0 Å². The highest BCUT2D eigenvalue weighted by Gasteiger charge is 2.27. The lowest BCUT2D eigenvalue weighted by molar-refractivity contribution is -0.474. The van der Waals surface area contributed by atoms with E-state index in [9.17, 15) is 25.1 Å². The standard InChI is InChI=1S/C14H20N2O5/c1-2-3-6-12(13(18)9-16(20)21)14(19)15-7-4-5-11(8-15)10-17/h2-3,6,11,17-18H,1,4-5,7-10H2/b6-3-,13-12-. The Morgan fingerprint density at radius 1 is 1.52 bits per heavy atom. The van der Waals surface area contributed by atoms with E-state index in [0.29, 0.717) is 13.1 Å². The van der Waals surface area contributed by atoms with Crippen LogP contribution in [0.5, 0.6) is 0 Å². The summed E-state index contributed by atoms with van der Waals surface area (Å²) in [5.74, 6) is -1.04. The minimum absolute atomic E-state index is 0.00462. The van der Waals surface area contributed by atoms with E-state index in [2.05, 4.69) is 6.58 Å². The molecule has 1 aliphatic heterocycles. The van der Waals surface area contributed by atoms with Gasteiger partial charge in [-0.15, -0.1) is 0 Å². The molecule has 1 atom stereocenters. The molecule has 7 nitrogen and oxygen atoms in total. The van der Waals surface area contributed by atoms with Gasteiger partial charge >= 0.3 is 0 Å². The highest BCUT2D eigenvalue weighted by atomic mass is 16.6. The van der Waals surface area contributed by atoms with E-state index >= 15 is 0 Å². The van der Waals surface area contributed by atoms with Crippen LogP contribution in [0, 0.1) is 16.0 Å². The molecular weight excluding hydrogens is 276 g/mol. The molecule has 0 aromatic rings. The van der Waals surface area contributed by atoms with Crippen molar-refractivity contribution in [3.63, 3.8) is 0 Å². The highest BCUT2D eigenvalue weighted by Crippen LogP contribution is 2.19. The van der Waals surface area contributed by atoms with Crippen molar-refractivity contribution in [2.24, 2.45) is 5.92 Å². The van der Waals surface area contributed by atoms with E-state index in [-0.39, 0.29) is 18.1 Å². The van der Waals surface area contributed by atoms with Crippen LogP contribution in [0.2, 0.25) is 0 Å². The molecule has 0 aromatic carbocycles. The lowest BCUT2D eigenvalue weighted by atomic mass is 9.98. The Bertz CT molecular complexity index is 470. The Balaban J connectivity index is 2.97. The molecule has 0 spiro atoms. The Morgan fingerprint density at radius 3 is 2.81 bits per heavy atom. The minimum Gasteiger partial charge on any atom is -0.505 e. The molecule has 1 amide bonds. The van der Waals surface area contributed by atoms with Gasteiger partial charge in [-0.3, -0.25) is 14.9 Å². The molecular formula is C14H20N2O5. The van der Waals surface area contributed by atoms with E-state index in [0.717, 1.165) is 12.8 Å². The summed E-state index contributed by atoms with van der Waals surface area (Å²) in [6.45, 7) is 3.54. The van der Waals surface area contributed by atoms with Crippen molar-refractivity contribution in [1.82, 2.24) is 4.90 Å². The Labute approximate surface area is 123 Å². The van der Waals surface area contributed by atoms with Gasteiger partial charge in [-0.1, -0.05) is 18.7 Å². The molecule has 7 heteroatoms. The first-order valence-corrected chi connectivity index (χ1v) is 6.72. The fourth-order valence-electron chi connectivity index (χ4n) is 2.23. The van der Waals surface area contributed by atoms with Crippen molar-refractivity contribution >= 4 is 5.91 Å². The van der Waals surface area contributed by atoms with Crippen LogP contribution >= 0.6 is 0 Å². The summed E-state index contributed by atoms with van der Waals surface area (Å²) in [7, 11) is 0. The molecule has 0 radical (unpaired) electrons. The van der Waals surface area contributed by atoms with Gasteiger partial charge < -0.3 is 15.1 Å². The van der Waals surface area contributed by atoms with Crippen LogP contribution in [-0.2, 0) is 4.79 Å². The summed E-state index contributed by atoms with van der Waals surface area (Å²) >= 11 is 0. The van der Waals surface area contributed by atoms with Gasteiger partial charge in [0.15, 0.2) is 5.76 Å². The van der Waals surface area contributed by atoms with E-state index in [1.807, 2.05) is 0 Å². The van der Waals surface area contributed by atoms with Crippen LogP contribution in [-0.4, -0.2) is 52.2 Å². The van der Waals surface area contributed by atoms with Crippen molar-refractivity contribution in [3.8, 4) is 0 Å². The second kappa shape index (κ2) is 8.21. The SMILES string of the molecule is C=C/C=C\C(C(=O)N1CCCC(CO)C1)=C(\O)C[N+](=O)[O-]. The van der Waals surface area contributed by atoms with Crippen molar-refractivity contribution < 1.29 is 19.9 Å². The van der Waals surface area contributed by atoms with Crippen LogP contribution in [0.25, 0.3) is 0 Å². The maximum Gasteiger partial charge on any atom is 0.260 e. The predicted octanol–water partition coefficient (Wildman–Crippen LogP) is 1.05. The van der Waals surface area contributed by atoms with Gasteiger partial charge in [0.05, 0.1) is 5.57 Å². The number of aliphatic hydroxyl groups excluding tert-OH is 2. The maximum absolute atomic E-state index is 12.4. The number of carbonyl (C=O) groups excluding carboxylic acids is 1. The van der Waals surface area contributed by atoms with Crippen LogP contribution in [0.4, 0.5) is 0 Å². The van der Waals surface area contributed by atoms with E-state index in [1.165, 1.54) is 23.1 Å². The lowest BCUT2D eigenvalue weighted by Crippen LogP contribution is -2.41. The molecule has 21 heavy (non-hydrogen) atoms. The van der Waals surface area contributed by atoms with Gasteiger partial charge in [0.25, 0.3) is 12.5 Å². The zero-order valence-corrected chi connectivity index (χ0v) is 11.8. The van der Waals surface area contributed by atoms with Crippen molar-refractivity contribution in [3.05, 3.63) is 46.3 Å². The number of hydrogen-bond donors (Lipinski definition) is 2. The minimum atomic E-state index is -0.806. The summed E-state index contributed by atoms with van der Waals surface area (Å²) in [5, 5.41) is 29.5. The molecule has 0 aromatic heterocycles. The van der Waals surface area contributed by atoms with Gasteiger partial charge in [-0.05, 0) is 24.8 Å². The number of likely N-dealkylation sites (tertiary alicyclic amines) is 1. The summed E-state index contributed by atoms with van der Waals surface area (Å²) < 4.78 is 0. The third-order valence-corrected chi connectivity index (χ3v) is 3.28. The Morgan fingerprint density at radius 2 is 2.24 bits per heavy atom.